The molecule has 0 aliphatic carbocycles. The van der Waals surface area contributed by atoms with Crippen LogP contribution >= 0.6 is 34.2 Å². The van der Waals surface area contributed by atoms with Crippen LogP contribution in [0.2, 0.25) is 5.02 Å². The maximum absolute atomic E-state index is 14.3. The van der Waals surface area contributed by atoms with Crippen LogP contribution in [0, 0.1) is 6.92 Å². The summed E-state index contributed by atoms with van der Waals surface area (Å²) in [5.41, 5.74) is 1.67. The summed E-state index contributed by atoms with van der Waals surface area (Å²) in [7, 11) is -2.10. The van der Waals surface area contributed by atoms with E-state index in [4.69, 9.17) is 21.1 Å². The second-order valence-corrected chi connectivity index (χ2v) is 11.8. The van der Waals surface area contributed by atoms with Crippen LogP contribution in [0.4, 0.5) is 0 Å². The Bertz CT molecular complexity index is 1550. The highest BCUT2D eigenvalue weighted by atomic mass is 127. The number of esters is 2. The Hall–Kier alpha value is -3.15. The molecule has 0 aromatic heterocycles. The second kappa shape index (κ2) is 11.3. The van der Waals surface area contributed by atoms with E-state index < -0.39 is 33.7 Å². The highest BCUT2D eigenvalue weighted by molar-refractivity contribution is 14.1. The molecule has 3 aromatic rings. The molecule has 10 heteroatoms. The van der Waals surface area contributed by atoms with E-state index in [1.165, 1.54) is 19.2 Å². The van der Waals surface area contributed by atoms with Gasteiger partial charge in [0.15, 0.2) is 5.70 Å². The van der Waals surface area contributed by atoms with E-state index in [2.05, 4.69) is 0 Å². The van der Waals surface area contributed by atoms with Crippen LogP contribution in [-0.2, 0) is 29.1 Å². The summed E-state index contributed by atoms with van der Waals surface area (Å²) in [6.07, 6.45) is 0. The predicted octanol–water partition coefficient (Wildman–Crippen LogP) is 5.84. The molecular weight excluding hydrogens is 641 g/mol. The minimum absolute atomic E-state index is 0.0474. The molecule has 1 atom stereocenters. The normalized spacial score (nSPS) is 15.9. The standard InChI is InChI=1S/C28H23ClINO6S/c1-17-9-15-21(16-10-17)38(34,35)31-25(19-7-5-4-6-8-19)24(30)22(18-11-13-20(29)14-12-18)23(27(32)36-2)26(31)28(33)37-3/h4-16,25H,1-3H3. The van der Waals surface area contributed by atoms with Crippen molar-refractivity contribution in [3.63, 3.8) is 0 Å². The molecular formula is C28H23ClINO6S. The first-order valence-corrected chi connectivity index (χ1v) is 14.2. The highest BCUT2D eigenvalue weighted by Gasteiger charge is 2.47. The van der Waals surface area contributed by atoms with Gasteiger partial charge in [-0.3, -0.25) is 0 Å². The summed E-state index contributed by atoms with van der Waals surface area (Å²) < 4.78 is 40.2. The van der Waals surface area contributed by atoms with Crippen LogP contribution in [0.25, 0.3) is 5.57 Å². The van der Waals surface area contributed by atoms with Crippen molar-refractivity contribution in [2.75, 3.05) is 14.2 Å². The molecule has 0 fully saturated rings. The topological polar surface area (TPSA) is 90.0 Å². The number of hydrogen-bond acceptors (Lipinski definition) is 6. The van der Waals surface area contributed by atoms with Crippen molar-refractivity contribution in [3.8, 4) is 0 Å². The Morgan fingerprint density at radius 3 is 2.00 bits per heavy atom. The van der Waals surface area contributed by atoms with Gasteiger partial charge in [-0.25, -0.2) is 22.3 Å². The summed E-state index contributed by atoms with van der Waals surface area (Å²) in [5, 5.41) is 0.472. The highest BCUT2D eigenvalue weighted by Crippen LogP contribution is 2.50. The Labute approximate surface area is 239 Å². The van der Waals surface area contributed by atoms with Gasteiger partial charge in [0.2, 0.25) is 0 Å². The molecule has 38 heavy (non-hydrogen) atoms. The summed E-state index contributed by atoms with van der Waals surface area (Å²) >= 11 is 8.15. The van der Waals surface area contributed by atoms with Crippen LogP contribution in [0.5, 0.6) is 0 Å². The van der Waals surface area contributed by atoms with Crippen LogP contribution < -0.4 is 0 Å². The summed E-state index contributed by atoms with van der Waals surface area (Å²) in [6.45, 7) is 1.84. The van der Waals surface area contributed by atoms with Crippen LogP contribution in [0.15, 0.2) is 98.6 Å². The first-order chi connectivity index (χ1) is 18.1. The quantitative estimate of drug-likeness (QED) is 0.243. The molecule has 1 aliphatic heterocycles. The third-order valence-corrected chi connectivity index (χ3v) is 9.18. The molecule has 3 aromatic carbocycles. The molecule has 0 saturated carbocycles. The number of nitrogens with zero attached hydrogens (tertiary/aromatic N) is 1. The van der Waals surface area contributed by atoms with E-state index in [1.807, 2.05) is 29.5 Å². The van der Waals surface area contributed by atoms with Gasteiger partial charge in [0.1, 0.15) is 11.6 Å². The second-order valence-electron chi connectivity index (χ2n) is 8.36. The number of aryl methyl sites for hydroxylation is 1. The molecule has 7 nitrogen and oxygen atoms in total. The minimum Gasteiger partial charge on any atom is -0.465 e. The van der Waals surface area contributed by atoms with Crippen molar-refractivity contribution < 1.29 is 27.5 Å². The van der Waals surface area contributed by atoms with Crippen molar-refractivity contribution >= 4 is 61.7 Å². The monoisotopic (exact) mass is 663 g/mol. The molecule has 0 saturated heterocycles. The van der Waals surface area contributed by atoms with Crippen molar-refractivity contribution in [3.05, 3.63) is 115 Å². The van der Waals surface area contributed by atoms with Gasteiger partial charge in [0, 0.05) is 14.2 Å². The lowest BCUT2D eigenvalue weighted by atomic mass is 9.89. The summed E-state index contributed by atoms with van der Waals surface area (Å²) in [6, 6.07) is 20.8. The van der Waals surface area contributed by atoms with E-state index in [0.717, 1.165) is 17.0 Å². The average Bonchev–Trinajstić information content (AvgIpc) is 2.92. The SMILES string of the molecule is COC(=O)C1=C(C(=O)OC)N(S(=O)(=O)c2ccc(C)cc2)C(c2ccccc2)C(I)=C1c1ccc(Cl)cc1. The van der Waals surface area contributed by atoms with Gasteiger partial charge in [0.05, 0.1) is 19.1 Å². The van der Waals surface area contributed by atoms with Crippen molar-refractivity contribution in [1.29, 1.82) is 0 Å². The molecule has 1 aliphatic rings. The minimum atomic E-state index is -4.39. The number of ether oxygens (including phenoxy) is 2. The lowest BCUT2D eigenvalue weighted by molar-refractivity contribution is -0.140. The molecule has 0 N–H and O–H groups in total. The molecule has 1 unspecified atom stereocenters. The Kier molecular flexibility index (Phi) is 8.29. The van der Waals surface area contributed by atoms with Crippen molar-refractivity contribution in [2.45, 2.75) is 17.9 Å². The van der Waals surface area contributed by atoms with Gasteiger partial charge < -0.3 is 9.47 Å². The first-order valence-electron chi connectivity index (χ1n) is 11.3. The predicted molar refractivity (Wildman–Crippen MR) is 153 cm³/mol. The number of halogens is 2. The maximum Gasteiger partial charge on any atom is 0.356 e. The van der Waals surface area contributed by atoms with Gasteiger partial charge >= 0.3 is 11.9 Å². The zero-order valence-corrected chi connectivity index (χ0v) is 24.4. The Morgan fingerprint density at radius 1 is 0.868 bits per heavy atom. The molecule has 1 heterocycles. The zero-order valence-electron chi connectivity index (χ0n) is 20.6. The van der Waals surface area contributed by atoms with Crippen LogP contribution in [0.3, 0.4) is 0 Å². The van der Waals surface area contributed by atoms with Gasteiger partial charge in [0.25, 0.3) is 10.0 Å². The van der Waals surface area contributed by atoms with E-state index in [1.54, 1.807) is 66.7 Å². The largest absolute Gasteiger partial charge is 0.465 e. The van der Waals surface area contributed by atoms with E-state index in [0.29, 0.717) is 25.3 Å². The summed E-state index contributed by atoms with van der Waals surface area (Å²) in [5.74, 6) is -1.89. The van der Waals surface area contributed by atoms with Gasteiger partial charge in [-0.15, -0.1) is 0 Å². The molecule has 0 amide bonds. The van der Waals surface area contributed by atoms with Crippen LogP contribution in [-0.4, -0.2) is 38.9 Å². The Balaban J connectivity index is 2.16. The zero-order chi connectivity index (χ0) is 27.6. The van der Waals surface area contributed by atoms with Crippen molar-refractivity contribution in [2.24, 2.45) is 0 Å². The number of benzene rings is 3. The number of methoxy groups -OCH3 is 2. The van der Waals surface area contributed by atoms with Crippen molar-refractivity contribution in [1.82, 2.24) is 4.31 Å². The number of carbonyl (C=O) groups excluding carboxylic acids is 2. The fourth-order valence-corrected chi connectivity index (χ4v) is 7.36. The van der Waals surface area contributed by atoms with Gasteiger partial charge in [-0.2, -0.15) is 0 Å². The molecule has 0 radical (unpaired) electrons. The van der Waals surface area contributed by atoms with Gasteiger partial charge in [-0.1, -0.05) is 71.8 Å². The summed E-state index contributed by atoms with van der Waals surface area (Å²) in [4.78, 5) is 26.7. The maximum atomic E-state index is 14.3. The number of rotatable bonds is 6. The van der Waals surface area contributed by atoms with E-state index in [9.17, 15) is 18.0 Å². The average molecular weight is 664 g/mol. The number of hydrogen-bond donors (Lipinski definition) is 0. The molecule has 196 valence electrons. The lowest BCUT2D eigenvalue weighted by Gasteiger charge is -2.39. The third kappa shape index (κ3) is 5.10. The fourth-order valence-electron chi connectivity index (χ4n) is 4.20. The van der Waals surface area contributed by atoms with Gasteiger partial charge in [-0.05, 0) is 64.9 Å². The Morgan fingerprint density at radius 2 is 1.45 bits per heavy atom. The fraction of sp³-hybridized carbons (Fsp3) is 0.143. The van der Waals surface area contributed by atoms with Crippen LogP contribution in [0.1, 0.15) is 22.7 Å². The number of sulfonamides is 1. The van der Waals surface area contributed by atoms with E-state index in [-0.39, 0.29) is 10.5 Å². The van der Waals surface area contributed by atoms with E-state index >= 15 is 0 Å². The first kappa shape index (κ1) is 27.9. The lowest BCUT2D eigenvalue weighted by Crippen LogP contribution is -2.42. The number of carbonyl (C=O) groups is 2. The smallest absolute Gasteiger partial charge is 0.356 e. The third-order valence-electron chi connectivity index (χ3n) is 6.01. The molecule has 0 spiro atoms. The molecule has 4 rings (SSSR count). The molecule has 0 bridgehead atoms.